The van der Waals surface area contributed by atoms with E-state index in [0.29, 0.717) is 6.54 Å². The average molecular weight is 315 g/mol. The van der Waals surface area contributed by atoms with Gasteiger partial charge in [-0.1, -0.05) is 35.2 Å². The molecular formula is C13H19BrN2O2. The van der Waals surface area contributed by atoms with Crippen LogP contribution >= 0.6 is 15.9 Å². The molecule has 0 bridgehead atoms. The van der Waals surface area contributed by atoms with Crippen molar-refractivity contribution in [1.82, 2.24) is 9.13 Å². The van der Waals surface area contributed by atoms with E-state index in [1.807, 2.05) is 0 Å². The topological polar surface area (TPSA) is 44.0 Å². The van der Waals surface area contributed by atoms with Crippen molar-refractivity contribution < 1.29 is 0 Å². The minimum absolute atomic E-state index is 0.133. The van der Waals surface area contributed by atoms with Crippen LogP contribution in [0.4, 0.5) is 0 Å². The van der Waals surface area contributed by atoms with Gasteiger partial charge in [-0.05, 0) is 18.3 Å². The maximum absolute atomic E-state index is 11.9. The molecule has 0 atom stereocenters. The van der Waals surface area contributed by atoms with E-state index in [9.17, 15) is 9.59 Å². The Morgan fingerprint density at radius 1 is 1.17 bits per heavy atom. The highest BCUT2D eigenvalue weighted by Gasteiger charge is 2.31. The fourth-order valence-corrected chi connectivity index (χ4v) is 3.45. The number of alkyl halides is 1. The van der Waals surface area contributed by atoms with Crippen molar-refractivity contribution in [3.8, 4) is 0 Å². The van der Waals surface area contributed by atoms with E-state index in [0.717, 1.165) is 18.2 Å². The lowest BCUT2D eigenvalue weighted by Crippen LogP contribution is -2.43. The Kier molecular flexibility index (Phi) is 4.10. The Bertz CT molecular complexity index is 527. The summed E-state index contributed by atoms with van der Waals surface area (Å²) < 4.78 is 2.91. The molecule has 1 aliphatic carbocycles. The number of aromatic nitrogens is 2. The third kappa shape index (κ3) is 2.60. The minimum atomic E-state index is -0.446. The lowest BCUT2D eigenvalue weighted by atomic mass is 9.75. The second-order valence-electron chi connectivity index (χ2n) is 5.34. The van der Waals surface area contributed by atoms with Crippen LogP contribution in [0, 0.1) is 5.41 Å². The molecule has 0 amide bonds. The van der Waals surface area contributed by atoms with Crippen LogP contribution in [0.5, 0.6) is 0 Å². The van der Waals surface area contributed by atoms with E-state index in [1.54, 1.807) is 24.0 Å². The van der Waals surface area contributed by atoms with Gasteiger partial charge in [-0.3, -0.25) is 9.59 Å². The maximum Gasteiger partial charge on any atom is 0.316 e. The molecule has 1 heterocycles. The van der Waals surface area contributed by atoms with E-state index in [2.05, 4.69) is 15.9 Å². The molecule has 5 heteroatoms. The van der Waals surface area contributed by atoms with Gasteiger partial charge in [0.1, 0.15) is 0 Å². The van der Waals surface area contributed by atoms with Crippen molar-refractivity contribution in [2.45, 2.75) is 38.6 Å². The molecule has 1 aliphatic rings. The van der Waals surface area contributed by atoms with E-state index in [4.69, 9.17) is 0 Å². The fourth-order valence-electron chi connectivity index (χ4n) is 2.71. The molecule has 1 saturated carbocycles. The van der Waals surface area contributed by atoms with Crippen LogP contribution in [-0.4, -0.2) is 14.5 Å². The van der Waals surface area contributed by atoms with Crippen LogP contribution in [-0.2, 0) is 13.6 Å². The van der Waals surface area contributed by atoms with Crippen LogP contribution in [0.15, 0.2) is 22.0 Å². The molecule has 100 valence electrons. The van der Waals surface area contributed by atoms with E-state index < -0.39 is 11.1 Å². The summed E-state index contributed by atoms with van der Waals surface area (Å²) >= 11 is 3.58. The van der Waals surface area contributed by atoms with Crippen molar-refractivity contribution in [3.63, 3.8) is 0 Å². The Balaban J connectivity index is 2.30. The smallest absolute Gasteiger partial charge is 0.312 e. The molecule has 0 radical (unpaired) electrons. The van der Waals surface area contributed by atoms with Crippen LogP contribution in [0.3, 0.4) is 0 Å². The average Bonchev–Trinajstić information content (AvgIpc) is 2.41. The van der Waals surface area contributed by atoms with Gasteiger partial charge in [0, 0.05) is 31.3 Å². The predicted octanol–water partition coefficient (Wildman–Crippen LogP) is 1.89. The Labute approximate surface area is 115 Å². The zero-order valence-corrected chi connectivity index (χ0v) is 12.3. The Morgan fingerprint density at radius 2 is 1.83 bits per heavy atom. The molecule has 0 spiro atoms. The first-order valence-corrected chi connectivity index (χ1v) is 7.52. The van der Waals surface area contributed by atoms with Crippen molar-refractivity contribution >= 4 is 15.9 Å². The molecule has 18 heavy (non-hydrogen) atoms. The van der Waals surface area contributed by atoms with Gasteiger partial charge in [-0.2, -0.15) is 0 Å². The summed E-state index contributed by atoms with van der Waals surface area (Å²) in [6, 6.07) is 0. The van der Waals surface area contributed by atoms with Crippen LogP contribution in [0.2, 0.25) is 0 Å². The third-order valence-corrected chi connectivity index (χ3v) is 5.13. The molecule has 0 saturated heterocycles. The number of hydrogen-bond donors (Lipinski definition) is 0. The van der Waals surface area contributed by atoms with Gasteiger partial charge in [0.25, 0.3) is 0 Å². The summed E-state index contributed by atoms with van der Waals surface area (Å²) in [7, 11) is 1.61. The van der Waals surface area contributed by atoms with Gasteiger partial charge < -0.3 is 9.13 Å². The molecule has 2 rings (SSSR count). The first kappa shape index (κ1) is 13.6. The molecule has 0 unspecified atom stereocenters. The van der Waals surface area contributed by atoms with Gasteiger partial charge in [0.2, 0.25) is 0 Å². The number of rotatable bonds is 3. The third-order valence-electron chi connectivity index (χ3n) is 3.94. The Morgan fingerprint density at radius 3 is 2.44 bits per heavy atom. The zero-order valence-electron chi connectivity index (χ0n) is 10.7. The lowest BCUT2D eigenvalue weighted by Gasteiger charge is -2.36. The van der Waals surface area contributed by atoms with E-state index in [-0.39, 0.29) is 5.41 Å². The molecule has 4 nitrogen and oxygen atoms in total. The summed E-state index contributed by atoms with van der Waals surface area (Å²) in [4.78, 5) is 23.6. The molecule has 1 fully saturated rings. The van der Waals surface area contributed by atoms with Crippen molar-refractivity contribution in [2.75, 3.05) is 5.33 Å². The van der Waals surface area contributed by atoms with Crippen LogP contribution in [0.25, 0.3) is 0 Å². The Hall–Kier alpha value is -0.840. The predicted molar refractivity (Wildman–Crippen MR) is 75.3 cm³/mol. The zero-order chi connectivity index (χ0) is 13.2. The standard InChI is InChI=1S/C13H19BrN2O2/c1-15-7-8-16(12(18)11(15)17)10-13(9-14)5-3-2-4-6-13/h7-8H,2-6,9-10H2,1H3. The number of nitrogens with zero attached hydrogens (tertiary/aromatic N) is 2. The highest BCUT2D eigenvalue weighted by Crippen LogP contribution is 2.38. The van der Waals surface area contributed by atoms with Gasteiger partial charge in [-0.25, -0.2) is 0 Å². The normalized spacial score (nSPS) is 18.8. The summed E-state index contributed by atoms with van der Waals surface area (Å²) in [5.74, 6) is 0. The number of hydrogen-bond acceptors (Lipinski definition) is 2. The van der Waals surface area contributed by atoms with Crippen LogP contribution in [0.1, 0.15) is 32.1 Å². The summed E-state index contributed by atoms with van der Waals surface area (Å²) in [6.07, 6.45) is 9.34. The number of aryl methyl sites for hydroxylation is 1. The highest BCUT2D eigenvalue weighted by molar-refractivity contribution is 9.09. The van der Waals surface area contributed by atoms with Gasteiger partial charge in [0.05, 0.1) is 0 Å². The van der Waals surface area contributed by atoms with Gasteiger partial charge in [0.15, 0.2) is 0 Å². The first-order valence-electron chi connectivity index (χ1n) is 6.40. The first-order chi connectivity index (χ1) is 8.58. The molecule has 0 N–H and O–H groups in total. The van der Waals surface area contributed by atoms with Gasteiger partial charge in [-0.15, -0.1) is 0 Å². The number of halogens is 1. The lowest BCUT2D eigenvalue weighted by molar-refractivity contribution is 0.188. The summed E-state index contributed by atoms with van der Waals surface area (Å²) in [5.41, 5.74) is -0.724. The maximum atomic E-state index is 11.9. The highest BCUT2D eigenvalue weighted by atomic mass is 79.9. The minimum Gasteiger partial charge on any atom is -0.312 e. The quantitative estimate of drug-likeness (QED) is 0.631. The largest absolute Gasteiger partial charge is 0.316 e. The molecule has 0 aliphatic heterocycles. The molecular weight excluding hydrogens is 296 g/mol. The van der Waals surface area contributed by atoms with Crippen LogP contribution < -0.4 is 11.1 Å². The summed E-state index contributed by atoms with van der Waals surface area (Å²) in [6.45, 7) is 0.646. The fraction of sp³-hybridized carbons (Fsp3) is 0.692. The van der Waals surface area contributed by atoms with Gasteiger partial charge >= 0.3 is 11.1 Å². The molecule has 1 aromatic heterocycles. The molecule has 1 aromatic rings. The SMILES string of the molecule is Cn1ccn(CC2(CBr)CCCCC2)c(=O)c1=O. The van der Waals surface area contributed by atoms with E-state index >= 15 is 0 Å². The second kappa shape index (κ2) is 5.43. The summed E-state index contributed by atoms with van der Waals surface area (Å²) in [5, 5.41) is 0.891. The second-order valence-corrected chi connectivity index (χ2v) is 5.90. The van der Waals surface area contributed by atoms with Crippen molar-refractivity contribution in [1.29, 1.82) is 0 Å². The molecule has 0 aromatic carbocycles. The van der Waals surface area contributed by atoms with E-state index in [1.165, 1.54) is 23.8 Å². The van der Waals surface area contributed by atoms with Crippen molar-refractivity contribution in [3.05, 3.63) is 33.1 Å². The monoisotopic (exact) mass is 314 g/mol. The van der Waals surface area contributed by atoms with Crippen molar-refractivity contribution in [2.24, 2.45) is 12.5 Å².